The van der Waals surface area contributed by atoms with E-state index in [2.05, 4.69) is 24.5 Å². The van der Waals surface area contributed by atoms with E-state index >= 15 is 0 Å². The fourth-order valence-electron chi connectivity index (χ4n) is 1.74. The molecule has 0 bridgehead atoms. The number of halogens is 1. The van der Waals surface area contributed by atoms with Crippen molar-refractivity contribution in [2.24, 2.45) is 5.92 Å². The molecule has 1 aromatic carbocycles. The summed E-state index contributed by atoms with van der Waals surface area (Å²) in [4.78, 5) is 11.4. The maximum atomic E-state index is 13.8. The molecule has 0 spiro atoms. The molecule has 0 unspecified atom stereocenters. The second-order valence-electron chi connectivity index (χ2n) is 5.00. The summed E-state index contributed by atoms with van der Waals surface area (Å²) in [6.07, 6.45) is 0. The monoisotopic (exact) mass is 282 g/mol. The van der Waals surface area contributed by atoms with Gasteiger partial charge in [0.1, 0.15) is 0 Å². The van der Waals surface area contributed by atoms with Gasteiger partial charge in [-0.1, -0.05) is 26.0 Å². The molecule has 0 aliphatic heterocycles. The number of para-hydroxylation sites is 1. The molecule has 0 saturated heterocycles. The van der Waals surface area contributed by atoms with Crippen LogP contribution in [0.1, 0.15) is 26.3 Å². The van der Waals surface area contributed by atoms with Gasteiger partial charge in [-0.2, -0.15) is 0 Å². The van der Waals surface area contributed by atoms with Crippen LogP contribution in [0.15, 0.2) is 18.2 Å². The van der Waals surface area contributed by atoms with Crippen LogP contribution in [0.5, 0.6) is 5.75 Å². The Morgan fingerprint density at radius 3 is 2.80 bits per heavy atom. The molecule has 1 aromatic rings. The third-order valence-corrected chi connectivity index (χ3v) is 2.64. The summed E-state index contributed by atoms with van der Waals surface area (Å²) in [6.45, 7) is 7.74. The summed E-state index contributed by atoms with van der Waals surface area (Å²) in [5.74, 6) is -0.0340. The van der Waals surface area contributed by atoms with Crippen molar-refractivity contribution in [2.45, 2.75) is 27.3 Å². The van der Waals surface area contributed by atoms with Gasteiger partial charge < -0.3 is 15.4 Å². The Kier molecular flexibility index (Phi) is 7.01. The molecule has 1 rings (SSSR count). The lowest BCUT2D eigenvalue weighted by Gasteiger charge is -2.13. The highest BCUT2D eigenvalue weighted by atomic mass is 19.1. The SMILES string of the molecule is CCNC(=O)COc1c(F)cccc1CNCC(C)C. The number of carbonyl (C=O) groups excluding carboxylic acids is 1. The number of hydrogen-bond donors (Lipinski definition) is 2. The molecule has 5 heteroatoms. The average Bonchev–Trinajstić information content (AvgIpc) is 2.38. The van der Waals surface area contributed by atoms with Gasteiger partial charge in [-0.25, -0.2) is 4.39 Å². The van der Waals surface area contributed by atoms with E-state index in [0.29, 0.717) is 19.0 Å². The molecule has 0 radical (unpaired) electrons. The van der Waals surface area contributed by atoms with E-state index in [1.54, 1.807) is 12.1 Å². The van der Waals surface area contributed by atoms with Crippen LogP contribution >= 0.6 is 0 Å². The van der Waals surface area contributed by atoms with Gasteiger partial charge in [-0.15, -0.1) is 0 Å². The van der Waals surface area contributed by atoms with Gasteiger partial charge in [0, 0.05) is 18.7 Å². The zero-order chi connectivity index (χ0) is 15.0. The Bertz CT molecular complexity index is 436. The summed E-state index contributed by atoms with van der Waals surface area (Å²) in [6, 6.07) is 4.77. The smallest absolute Gasteiger partial charge is 0.257 e. The first-order chi connectivity index (χ1) is 9.54. The van der Waals surface area contributed by atoms with Crippen LogP contribution in [-0.2, 0) is 11.3 Å². The molecule has 0 atom stereocenters. The van der Waals surface area contributed by atoms with Crippen molar-refractivity contribution in [3.05, 3.63) is 29.6 Å². The number of carbonyl (C=O) groups is 1. The quantitative estimate of drug-likeness (QED) is 0.767. The average molecular weight is 282 g/mol. The van der Waals surface area contributed by atoms with Gasteiger partial charge in [0.15, 0.2) is 18.2 Å². The molecule has 0 fully saturated rings. The maximum Gasteiger partial charge on any atom is 0.257 e. The third kappa shape index (κ3) is 5.57. The zero-order valence-electron chi connectivity index (χ0n) is 12.3. The predicted octanol–water partition coefficient (Wildman–Crippen LogP) is 2.09. The summed E-state index contributed by atoms with van der Waals surface area (Å²) in [5, 5.41) is 5.85. The van der Waals surface area contributed by atoms with Crippen LogP contribution < -0.4 is 15.4 Å². The number of hydrogen-bond acceptors (Lipinski definition) is 3. The lowest BCUT2D eigenvalue weighted by molar-refractivity contribution is -0.123. The normalized spacial score (nSPS) is 10.7. The highest BCUT2D eigenvalue weighted by molar-refractivity contribution is 5.77. The number of ether oxygens (including phenoxy) is 1. The molecule has 0 aliphatic carbocycles. The molecular formula is C15H23FN2O2. The molecule has 0 aliphatic rings. The van der Waals surface area contributed by atoms with Crippen LogP contribution in [0.3, 0.4) is 0 Å². The van der Waals surface area contributed by atoms with E-state index in [1.807, 2.05) is 6.92 Å². The van der Waals surface area contributed by atoms with Crippen molar-refractivity contribution in [3.8, 4) is 5.75 Å². The Balaban J connectivity index is 2.65. The number of rotatable bonds is 8. The maximum absolute atomic E-state index is 13.8. The Morgan fingerprint density at radius 2 is 2.15 bits per heavy atom. The minimum atomic E-state index is -0.446. The van der Waals surface area contributed by atoms with Crippen molar-refractivity contribution < 1.29 is 13.9 Å². The molecule has 0 aromatic heterocycles. The van der Waals surface area contributed by atoms with Crippen LogP contribution in [-0.4, -0.2) is 25.6 Å². The molecular weight excluding hydrogens is 259 g/mol. The second-order valence-corrected chi connectivity index (χ2v) is 5.00. The molecule has 1 amide bonds. The van der Waals surface area contributed by atoms with E-state index < -0.39 is 5.82 Å². The highest BCUT2D eigenvalue weighted by Gasteiger charge is 2.11. The van der Waals surface area contributed by atoms with E-state index in [9.17, 15) is 9.18 Å². The zero-order valence-corrected chi connectivity index (χ0v) is 12.3. The van der Waals surface area contributed by atoms with Crippen molar-refractivity contribution in [1.29, 1.82) is 0 Å². The van der Waals surface area contributed by atoms with Crippen LogP contribution in [0, 0.1) is 11.7 Å². The van der Waals surface area contributed by atoms with E-state index in [-0.39, 0.29) is 18.3 Å². The lowest BCUT2D eigenvalue weighted by Crippen LogP contribution is -2.29. The Morgan fingerprint density at radius 1 is 1.40 bits per heavy atom. The van der Waals surface area contributed by atoms with E-state index in [1.165, 1.54) is 6.07 Å². The van der Waals surface area contributed by atoms with E-state index in [0.717, 1.165) is 12.1 Å². The number of likely N-dealkylation sites (N-methyl/N-ethyl adjacent to an activating group) is 1. The fraction of sp³-hybridized carbons (Fsp3) is 0.533. The first-order valence-corrected chi connectivity index (χ1v) is 6.92. The van der Waals surface area contributed by atoms with Crippen LogP contribution in [0.4, 0.5) is 4.39 Å². The summed E-state index contributed by atoms with van der Waals surface area (Å²) < 4.78 is 19.1. The third-order valence-electron chi connectivity index (χ3n) is 2.64. The molecule has 0 saturated carbocycles. The van der Waals surface area contributed by atoms with Gasteiger partial charge in [0.2, 0.25) is 0 Å². The number of nitrogens with one attached hydrogen (secondary N) is 2. The van der Waals surface area contributed by atoms with Crippen molar-refractivity contribution in [3.63, 3.8) is 0 Å². The van der Waals surface area contributed by atoms with Crippen molar-refractivity contribution in [2.75, 3.05) is 19.7 Å². The highest BCUT2D eigenvalue weighted by Crippen LogP contribution is 2.22. The topological polar surface area (TPSA) is 50.4 Å². The van der Waals surface area contributed by atoms with Gasteiger partial charge in [-0.3, -0.25) is 4.79 Å². The molecule has 2 N–H and O–H groups in total. The van der Waals surface area contributed by atoms with E-state index in [4.69, 9.17) is 4.74 Å². The number of amides is 1. The second kappa shape index (κ2) is 8.53. The van der Waals surface area contributed by atoms with Crippen LogP contribution in [0.2, 0.25) is 0 Å². The summed E-state index contributed by atoms with van der Waals surface area (Å²) >= 11 is 0. The minimum Gasteiger partial charge on any atom is -0.480 e. The summed E-state index contributed by atoms with van der Waals surface area (Å²) in [7, 11) is 0. The first-order valence-electron chi connectivity index (χ1n) is 6.92. The van der Waals surface area contributed by atoms with Gasteiger partial charge in [0.25, 0.3) is 5.91 Å². The lowest BCUT2D eigenvalue weighted by atomic mass is 10.1. The minimum absolute atomic E-state index is 0.148. The molecule has 0 heterocycles. The van der Waals surface area contributed by atoms with Crippen LogP contribution in [0.25, 0.3) is 0 Å². The molecule has 20 heavy (non-hydrogen) atoms. The van der Waals surface area contributed by atoms with Gasteiger partial charge in [0.05, 0.1) is 0 Å². The summed E-state index contributed by atoms with van der Waals surface area (Å²) in [5.41, 5.74) is 0.718. The van der Waals surface area contributed by atoms with Gasteiger partial charge >= 0.3 is 0 Å². The Labute approximate surface area is 119 Å². The largest absolute Gasteiger partial charge is 0.480 e. The standard InChI is InChI=1S/C15H23FN2O2/c1-4-18-14(19)10-20-15-12(6-5-7-13(15)16)9-17-8-11(2)3/h5-7,11,17H,4,8-10H2,1-3H3,(H,18,19). The first kappa shape index (κ1) is 16.4. The number of benzene rings is 1. The predicted molar refractivity (Wildman–Crippen MR) is 77.1 cm³/mol. The Hall–Kier alpha value is -1.62. The molecule has 112 valence electrons. The molecule has 4 nitrogen and oxygen atoms in total. The van der Waals surface area contributed by atoms with Crippen molar-refractivity contribution in [1.82, 2.24) is 10.6 Å². The fourth-order valence-corrected chi connectivity index (χ4v) is 1.74. The van der Waals surface area contributed by atoms with Gasteiger partial charge in [-0.05, 0) is 25.5 Å². The van der Waals surface area contributed by atoms with Crippen molar-refractivity contribution >= 4 is 5.91 Å².